The lowest BCUT2D eigenvalue weighted by molar-refractivity contribution is -0.122. The zero-order valence-electron chi connectivity index (χ0n) is 15.9. The van der Waals surface area contributed by atoms with Gasteiger partial charge in [-0.3, -0.25) is 9.69 Å². The van der Waals surface area contributed by atoms with Crippen LogP contribution in [0.3, 0.4) is 0 Å². The van der Waals surface area contributed by atoms with Crippen molar-refractivity contribution in [2.45, 2.75) is 18.4 Å². The van der Waals surface area contributed by atoms with Gasteiger partial charge in [-0.05, 0) is 49.8 Å². The van der Waals surface area contributed by atoms with Crippen LogP contribution in [0.1, 0.15) is 28.4 Å². The number of carbonyl (C=O) groups excluding carboxylic acids is 1. The standard InChI is InChI=1S/C22H23N3O3/c1-24-11-10-17(14-6-4-3-5-7-14)20(24)21(26)25(2)16-8-9-18-15(12-16)13-19(23-18)22(27)28/h3-9,12-13,17,20,23H,10-11H2,1-2H3,(H,27,28)/t17-,20-/m0/s1. The van der Waals surface area contributed by atoms with Gasteiger partial charge in [-0.2, -0.15) is 0 Å². The predicted octanol–water partition coefficient (Wildman–Crippen LogP) is 3.32. The van der Waals surface area contributed by atoms with E-state index in [0.29, 0.717) is 0 Å². The Kier molecular flexibility index (Phi) is 4.65. The molecule has 1 aliphatic rings. The van der Waals surface area contributed by atoms with Gasteiger partial charge in [0.25, 0.3) is 0 Å². The van der Waals surface area contributed by atoms with Crippen LogP contribution in [0.2, 0.25) is 0 Å². The molecular weight excluding hydrogens is 354 g/mol. The van der Waals surface area contributed by atoms with E-state index in [4.69, 9.17) is 5.11 Å². The molecule has 2 heterocycles. The second-order valence-electron chi connectivity index (χ2n) is 7.39. The van der Waals surface area contributed by atoms with Crippen molar-refractivity contribution in [1.29, 1.82) is 0 Å². The first-order chi connectivity index (χ1) is 13.5. The lowest BCUT2D eigenvalue weighted by Gasteiger charge is -2.29. The minimum atomic E-state index is -1.000. The van der Waals surface area contributed by atoms with Crippen molar-refractivity contribution in [3.63, 3.8) is 0 Å². The maximum Gasteiger partial charge on any atom is 0.352 e. The normalized spacial score (nSPS) is 19.8. The van der Waals surface area contributed by atoms with Crippen molar-refractivity contribution < 1.29 is 14.7 Å². The maximum absolute atomic E-state index is 13.4. The highest BCUT2D eigenvalue weighted by atomic mass is 16.4. The molecule has 1 saturated heterocycles. The van der Waals surface area contributed by atoms with Crippen LogP contribution >= 0.6 is 0 Å². The third-order valence-corrected chi connectivity index (χ3v) is 5.68. The molecule has 0 radical (unpaired) electrons. The summed E-state index contributed by atoms with van der Waals surface area (Å²) in [6.45, 7) is 0.878. The molecule has 0 aliphatic carbocycles. The number of carboxylic acid groups (broad SMARTS) is 1. The fraction of sp³-hybridized carbons (Fsp3) is 0.273. The summed E-state index contributed by atoms with van der Waals surface area (Å²) in [5, 5.41) is 9.93. The molecule has 1 aliphatic heterocycles. The number of carbonyl (C=O) groups is 2. The van der Waals surface area contributed by atoms with Crippen LogP contribution < -0.4 is 4.90 Å². The van der Waals surface area contributed by atoms with Crippen molar-refractivity contribution in [3.05, 3.63) is 65.9 Å². The van der Waals surface area contributed by atoms with Crippen LogP contribution in [-0.4, -0.2) is 53.5 Å². The van der Waals surface area contributed by atoms with E-state index in [-0.39, 0.29) is 23.6 Å². The van der Waals surface area contributed by atoms with E-state index >= 15 is 0 Å². The minimum absolute atomic E-state index is 0.0437. The summed E-state index contributed by atoms with van der Waals surface area (Å²) in [5.74, 6) is -0.793. The van der Waals surface area contributed by atoms with Crippen LogP contribution in [-0.2, 0) is 4.79 Å². The number of aromatic amines is 1. The molecule has 1 aromatic heterocycles. The monoisotopic (exact) mass is 377 g/mol. The third kappa shape index (κ3) is 3.16. The highest BCUT2D eigenvalue weighted by Crippen LogP contribution is 2.34. The Morgan fingerprint density at radius 3 is 2.61 bits per heavy atom. The largest absolute Gasteiger partial charge is 0.477 e. The number of hydrogen-bond donors (Lipinski definition) is 2. The number of likely N-dealkylation sites (tertiary alicyclic amines) is 1. The molecule has 2 atom stereocenters. The Bertz CT molecular complexity index is 1030. The van der Waals surface area contributed by atoms with Gasteiger partial charge in [0.05, 0.1) is 6.04 Å². The van der Waals surface area contributed by atoms with Gasteiger partial charge in [0.1, 0.15) is 5.69 Å². The van der Waals surface area contributed by atoms with E-state index in [2.05, 4.69) is 22.0 Å². The zero-order chi connectivity index (χ0) is 19.8. The summed E-state index contributed by atoms with van der Waals surface area (Å²) >= 11 is 0. The van der Waals surface area contributed by atoms with Gasteiger partial charge >= 0.3 is 5.97 Å². The van der Waals surface area contributed by atoms with Gasteiger partial charge < -0.3 is 15.0 Å². The molecule has 28 heavy (non-hydrogen) atoms. The Balaban J connectivity index is 1.63. The van der Waals surface area contributed by atoms with Gasteiger partial charge in [0, 0.05) is 29.6 Å². The number of nitrogens with one attached hydrogen (secondary N) is 1. The number of aromatic nitrogens is 1. The topological polar surface area (TPSA) is 76.6 Å². The molecular formula is C22H23N3O3. The Hall–Kier alpha value is -3.12. The van der Waals surface area contributed by atoms with Crippen molar-refractivity contribution >= 4 is 28.5 Å². The van der Waals surface area contributed by atoms with Crippen LogP contribution in [0, 0.1) is 0 Å². The van der Waals surface area contributed by atoms with Gasteiger partial charge in [0.15, 0.2) is 0 Å². The molecule has 6 heteroatoms. The van der Waals surface area contributed by atoms with E-state index in [1.807, 2.05) is 43.4 Å². The predicted molar refractivity (Wildman–Crippen MR) is 109 cm³/mol. The number of H-pyrrole nitrogens is 1. The summed E-state index contributed by atoms with van der Waals surface area (Å²) in [7, 11) is 3.77. The highest BCUT2D eigenvalue weighted by Gasteiger charge is 2.39. The quantitative estimate of drug-likeness (QED) is 0.731. The first kappa shape index (κ1) is 18.3. The number of anilines is 1. The molecule has 1 amide bonds. The number of benzene rings is 2. The summed E-state index contributed by atoms with van der Waals surface area (Å²) in [6.07, 6.45) is 0.948. The van der Waals surface area contributed by atoms with Gasteiger partial charge in [-0.25, -0.2) is 4.79 Å². The van der Waals surface area contributed by atoms with Gasteiger partial charge in [-0.1, -0.05) is 30.3 Å². The summed E-state index contributed by atoms with van der Waals surface area (Å²) in [6, 6.07) is 17.1. The molecule has 0 saturated carbocycles. The first-order valence-electron chi connectivity index (χ1n) is 9.34. The number of aromatic carboxylic acids is 1. The molecule has 0 bridgehead atoms. The third-order valence-electron chi connectivity index (χ3n) is 5.68. The summed E-state index contributed by atoms with van der Waals surface area (Å²) in [4.78, 5) is 31.2. The van der Waals surface area contributed by atoms with Gasteiger partial charge in [-0.15, -0.1) is 0 Å². The second-order valence-corrected chi connectivity index (χ2v) is 7.39. The number of hydrogen-bond acceptors (Lipinski definition) is 3. The van der Waals surface area contributed by atoms with Crippen molar-refractivity contribution in [1.82, 2.24) is 9.88 Å². The SMILES string of the molecule is CN(C(=O)[C@@H]1[C@H](c2ccccc2)CCN1C)c1ccc2[nH]c(C(=O)O)cc2c1. The van der Waals surface area contributed by atoms with E-state index < -0.39 is 5.97 Å². The second kappa shape index (κ2) is 7.13. The van der Waals surface area contributed by atoms with Crippen LogP contribution in [0.5, 0.6) is 0 Å². The molecule has 144 valence electrons. The number of nitrogens with zero attached hydrogens (tertiary/aromatic N) is 2. The number of amides is 1. The molecule has 2 aromatic carbocycles. The molecule has 0 spiro atoms. The molecule has 3 aromatic rings. The lowest BCUT2D eigenvalue weighted by Crippen LogP contribution is -2.45. The van der Waals surface area contributed by atoms with E-state index in [1.54, 1.807) is 18.0 Å². The average molecular weight is 377 g/mol. The van der Waals surface area contributed by atoms with Crippen LogP contribution in [0.4, 0.5) is 5.69 Å². The first-order valence-corrected chi connectivity index (χ1v) is 9.34. The Morgan fingerprint density at radius 2 is 1.89 bits per heavy atom. The van der Waals surface area contributed by atoms with Crippen LogP contribution in [0.25, 0.3) is 10.9 Å². The van der Waals surface area contributed by atoms with Crippen LogP contribution in [0.15, 0.2) is 54.6 Å². The fourth-order valence-corrected chi connectivity index (χ4v) is 4.13. The summed E-state index contributed by atoms with van der Waals surface area (Å²) in [5.41, 5.74) is 2.81. The molecule has 0 unspecified atom stereocenters. The van der Waals surface area contributed by atoms with E-state index in [0.717, 1.165) is 29.6 Å². The number of rotatable bonds is 4. The van der Waals surface area contributed by atoms with Crippen molar-refractivity contribution in [2.75, 3.05) is 25.5 Å². The maximum atomic E-state index is 13.4. The lowest BCUT2D eigenvalue weighted by atomic mass is 9.91. The number of carboxylic acids is 1. The zero-order valence-corrected chi connectivity index (χ0v) is 15.9. The fourth-order valence-electron chi connectivity index (χ4n) is 4.13. The minimum Gasteiger partial charge on any atom is -0.477 e. The van der Waals surface area contributed by atoms with Crippen molar-refractivity contribution in [2.24, 2.45) is 0 Å². The van der Waals surface area contributed by atoms with E-state index in [1.165, 1.54) is 5.56 Å². The highest BCUT2D eigenvalue weighted by molar-refractivity contribution is 6.00. The van der Waals surface area contributed by atoms with E-state index in [9.17, 15) is 9.59 Å². The number of likely N-dealkylation sites (N-methyl/N-ethyl adjacent to an activating group) is 2. The average Bonchev–Trinajstić information content (AvgIpc) is 3.30. The van der Waals surface area contributed by atoms with Crippen molar-refractivity contribution in [3.8, 4) is 0 Å². The molecule has 1 fully saturated rings. The molecule has 2 N–H and O–H groups in total. The van der Waals surface area contributed by atoms with Gasteiger partial charge in [0.2, 0.25) is 5.91 Å². The Labute approximate surface area is 163 Å². The Morgan fingerprint density at radius 1 is 1.14 bits per heavy atom. The smallest absolute Gasteiger partial charge is 0.352 e. The molecule has 6 nitrogen and oxygen atoms in total. The number of fused-ring (bicyclic) bond motifs is 1. The summed E-state index contributed by atoms with van der Waals surface area (Å²) < 4.78 is 0. The molecule has 4 rings (SSSR count).